The molecule has 0 aromatic heterocycles. The van der Waals surface area contributed by atoms with Crippen molar-refractivity contribution in [3.05, 3.63) is 33.8 Å². The van der Waals surface area contributed by atoms with Crippen LogP contribution in [-0.4, -0.2) is 25.0 Å². The van der Waals surface area contributed by atoms with E-state index in [9.17, 15) is 4.79 Å². The van der Waals surface area contributed by atoms with Crippen LogP contribution in [0.5, 0.6) is 0 Å². The van der Waals surface area contributed by atoms with Crippen LogP contribution in [0.4, 0.5) is 0 Å². The van der Waals surface area contributed by atoms with Crippen molar-refractivity contribution in [2.24, 2.45) is 0 Å². The number of amides is 1. The van der Waals surface area contributed by atoms with Gasteiger partial charge in [-0.1, -0.05) is 43.1 Å². The van der Waals surface area contributed by atoms with Crippen molar-refractivity contribution in [1.82, 2.24) is 10.6 Å². The van der Waals surface area contributed by atoms with Crippen LogP contribution in [0.2, 0.25) is 10.0 Å². The number of benzene rings is 1. The molecule has 1 amide bonds. The first-order valence-electron chi connectivity index (χ1n) is 5.48. The molecule has 0 saturated heterocycles. The number of rotatable bonds is 5. The van der Waals surface area contributed by atoms with Crippen LogP contribution in [0, 0.1) is 0 Å². The molecule has 0 aliphatic heterocycles. The molecule has 1 aromatic carbocycles. The molecule has 0 radical (unpaired) electrons. The van der Waals surface area contributed by atoms with Gasteiger partial charge in [0.05, 0.1) is 15.6 Å². The highest BCUT2D eigenvalue weighted by molar-refractivity contribution is 6.39. The van der Waals surface area contributed by atoms with Crippen molar-refractivity contribution in [3.8, 4) is 0 Å². The van der Waals surface area contributed by atoms with E-state index >= 15 is 0 Å². The maximum atomic E-state index is 11.8. The van der Waals surface area contributed by atoms with E-state index in [1.807, 2.05) is 13.8 Å². The predicted octanol–water partition coefficient (Wildman–Crippen LogP) is 2.72. The Balaban J connectivity index is 2.53. The van der Waals surface area contributed by atoms with Crippen molar-refractivity contribution >= 4 is 29.1 Å². The zero-order valence-corrected chi connectivity index (χ0v) is 11.4. The molecular formula is C12H16Cl2N2O. The zero-order valence-electron chi connectivity index (χ0n) is 9.89. The van der Waals surface area contributed by atoms with Crippen LogP contribution in [0.1, 0.15) is 24.2 Å². The second-order valence-electron chi connectivity index (χ2n) is 3.96. The average Bonchev–Trinajstić information content (AvgIpc) is 2.24. The third kappa shape index (κ3) is 4.54. The van der Waals surface area contributed by atoms with Gasteiger partial charge in [0.2, 0.25) is 0 Å². The van der Waals surface area contributed by atoms with E-state index in [4.69, 9.17) is 23.2 Å². The minimum Gasteiger partial charge on any atom is -0.351 e. The number of nitrogens with one attached hydrogen (secondary N) is 2. The minimum absolute atomic E-state index is 0.244. The molecule has 0 heterocycles. The largest absolute Gasteiger partial charge is 0.351 e. The van der Waals surface area contributed by atoms with Gasteiger partial charge in [-0.25, -0.2) is 0 Å². The average molecular weight is 275 g/mol. The Bertz CT molecular complexity index is 374. The highest BCUT2D eigenvalue weighted by atomic mass is 35.5. The van der Waals surface area contributed by atoms with E-state index in [0.29, 0.717) is 34.7 Å². The van der Waals surface area contributed by atoms with E-state index in [-0.39, 0.29) is 5.91 Å². The molecule has 0 aliphatic carbocycles. The van der Waals surface area contributed by atoms with E-state index in [0.717, 1.165) is 0 Å². The fourth-order valence-electron chi connectivity index (χ4n) is 1.34. The van der Waals surface area contributed by atoms with Gasteiger partial charge in [0.15, 0.2) is 0 Å². The number of hydrogen-bond donors (Lipinski definition) is 2. The molecule has 0 bridgehead atoms. The molecular weight excluding hydrogens is 259 g/mol. The molecule has 3 nitrogen and oxygen atoms in total. The molecule has 0 saturated carbocycles. The summed E-state index contributed by atoms with van der Waals surface area (Å²) in [6.45, 7) is 5.35. The van der Waals surface area contributed by atoms with Gasteiger partial charge in [-0.3, -0.25) is 4.79 Å². The van der Waals surface area contributed by atoms with Crippen LogP contribution in [0.3, 0.4) is 0 Å². The highest BCUT2D eigenvalue weighted by Crippen LogP contribution is 2.23. The van der Waals surface area contributed by atoms with Crippen molar-refractivity contribution in [2.45, 2.75) is 19.9 Å². The molecule has 17 heavy (non-hydrogen) atoms. The molecule has 0 spiro atoms. The van der Waals surface area contributed by atoms with Gasteiger partial charge >= 0.3 is 0 Å². The van der Waals surface area contributed by atoms with E-state index < -0.39 is 0 Å². The van der Waals surface area contributed by atoms with Crippen molar-refractivity contribution < 1.29 is 4.79 Å². The van der Waals surface area contributed by atoms with Crippen LogP contribution in [0.25, 0.3) is 0 Å². The minimum atomic E-state index is -0.244. The topological polar surface area (TPSA) is 41.1 Å². The zero-order chi connectivity index (χ0) is 12.8. The lowest BCUT2D eigenvalue weighted by molar-refractivity contribution is 0.0954. The van der Waals surface area contributed by atoms with Crippen molar-refractivity contribution in [3.63, 3.8) is 0 Å². The molecule has 5 heteroatoms. The van der Waals surface area contributed by atoms with Gasteiger partial charge in [-0.05, 0) is 12.1 Å². The predicted molar refractivity (Wildman–Crippen MR) is 71.9 cm³/mol. The highest BCUT2D eigenvalue weighted by Gasteiger charge is 2.13. The fraction of sp³-hybridized carbons (Fsp3) is 0.417. The summed E-state index contributed by atoms with van der Waals surface area (Å²) < 4.78 is 0. The summed E-state index contributed by atoms with van der Waals surface area (Å²) in [7, 11) is 0. The Hall–Kier alpha value is -0.770. The summed E-state index contributed by atoms with van der Waals surface area (Å²) in [5.74, 6) is -0.244. The maximum absolute atomic E-state index is 11.8. The van der Waals surface area contributed by atoms with Gasteiger partial charge in [-0.2, -0.15) is 0 Å². The Kier molecular flexibility index (Phi) is 5.75. The van der Waals surface area contributed by atoms with E-state index in [2.05, 4.69) is 10.6 Å². The quantitative estimate of drug-likeness (QED) is 0.811. The van der Waals surface area contributed by atoms with Gasteiger partial charge in [0.25, 0.3) is 5.91 Å². The van der Waals surface area contributed by atoms with Crippen molar-refractivity contribution in [2.75, 3.05) is 13.1 Å². The summed E-state index contributed by atoms with van der Waals surface area (Å²) in [5.41, 5.74) is 0.334. The molecule has 0 unspecified atom stereocenters. The fourth-order valence-corrected chi connectivity index (χ4v) is 1.91. The first-order chi connectivity index (χ1) is 8.02. The molecule has 0 fully saturated rings. The Morgan fingerprint density at radius 3 is 2.35 bits per heavy atom. The standard InChI is InChI=1S/C12H16Cl2N2O/c1-8(2)15-6-7-16-12(17)11-9(13)4-3-5-10(11)14/h3-5,8,15H,6-7H2,1-2H3,(H,16,17). The number of carbonyl (C=O) groups excluding carboxylic acids is 1. The lowest BCUT2D eigenvalue weighted by Gasteiger charge is -2.10. The lowest BCUT2D eigenvalue weighted by Crippen LogP contribution is -2.34. The van der Waals surface area contributed by atoms with Crippen LogP contribution in [-0.2, 0) is 0 Å². The third-order valence-electron chi connectivity index (χ3n) is 2.15. The number of hydrogen-bond acceptors (Lipinski definition) is 2. The van der Waals surface area contributed by atoms with Gasteiger partial charge < -0.3 is 10.6 Å². The summed E-state index contributed by atoms with van der Waals surface area (Å²) in [5, 5.41) is 6.70. The van der Waals surface area contributed by atoms with Crippen LogP contribution >= 0.6 is 23.2 Å². The molecule has 2 N–H and O–H groups in total. The lowest BCUT2D eigenvalue weighted by atomic mass is 10.2. The summed E-state index contributed by atoms with van der Waals surface area (Å²) >= 11 is 11.9. The smallest absolute Gasteiger partial charge is 0.254 e. The number of halogens is 2. The maximum Gasteiger partial charge on any atom is 0.254 e. The second-order valence-corrected chi connectivity index (χ2v) is 4.78. The van der Waals surface area contributed by atoms with Gasteiger partial charge in [0, 0.05) is 19.1 Å². The Morgan fingerprint density at radius 2 is 1.82 bits per heavy atom. The van der Waals surface area contributed by atoms with Crippen LogP contribution < -0.4 is 10.6 Å². The molecule has 0 atom stereocenters. The molecule has 1 aromatic rings. The Labute approximate surface area is 111 Å². The SMILES string of the molecule is CC(C)NCCNC(=O)c1c(Cl)cccc1Cl. The first kappa shape index (κ1) is 14.3. The number of carbonyl (C=O) groups is 1. The molecule has 94 valence electrons. The monoisotopic (exact) mass is 274 g/mol. The normalized spacial score (nSPS) is 10.6. The third-order valence-corrected chi connectivity index (χ3v) is 2.78. The Morgan fingerprint density at radius 1 is 1.24 bits per heavy atom. The summed E-state index contributed by atoms with van der Waals surface area (Å²) in [4.78, 5) is 11.8. The second kappa shape index (κ2) is 6.84. The van der Waals surface area contributed by atoms with E-state index in [1.165, 1.54) is 0 Å². The van der Waals surface area contributed by atoms with Gasteiger partial charge in [-0.15, -0.1) is 0 Å². The van der Waals surface area contributed by atoms with Gasteiger partial charge in [0.1, 0.15) is 0 Å². The van der Waals surface area contributed by atoms with E-state index in [1.54, 1.807) is 18.2 Å². The summed E-state index contributed by atoms with van der Waals surface area (Å²) in [6, 6.07) is 5.40. The van der Waals surface area contributed by atoms with Crippen molar-refractivity contribution in [1.29, 1.82) is 0 Å². The van der Waals surface area contributed by atoms with Crippen LogP contribution in [0.15, 0.2) is 18.2 Å². The molecule has 1 rings (SSSR count). The first-order valence-corrected chi connectivity index (χ1v) is 6.23. The molecule has 0 aliphatic rings. The summed E-state index contributed by atoms with van der Waals surface area (Å²) in [6.07, 6.45) is 0.